The lowest BCUT2D eigenvalue weighted by atomic mass is 10.1. The monoisotopic (exact) mass is 290 g/mol. The first-order valence-corrected chi connectivity index (χ1v) is 7.86. The van der Waals surface area contributed by atoms with Crippen LogP contribution in [0.15, 0.2) is 36.4 Å². The van der Waals surface area contributed by atoms with Gasteiger partial charge in [-0.2, -0.15) is 0 Å². The number of rotatable bonds is 4. The second kappa shape index (κ2) is 6.47. The van der Waals surface area contributed by atoms with E-state index >= 15 is 0 Å². The maximum atomic E-state index is 6.23. The van der Waals surface area contributed by atoms with E-state index in [0.717, 1.165) is 34.7 Å². The van der Waals surface area contributed by atoms with Crippen LogP contribution in [-0.4, -0.2) is 26.2 Å². The van der Waals surface area contributed by atoms with Crippen molar-refractivity contribution in [2.75, 3.05) is 26.2 Å². The molecule has 20 heavy (non-hydrogen) atoms. The Labute approximate surface area is 125 Å². The Kier molecular flexibility index (Phi) is 4.44. The first kappa shape index (κ1) is 13.7. The lowest BCUT2D eigenvalue weighted by molar-refractivity contribution is -0.904. The number of likely N-dealkylation sites (tertiary alicyclic amines) is 1. The highest BCUT2D eigenvalue weighted by atomic mass is 35.5. The minimum atomic E-state index is 0.779. The highest BCUT2D eigenvalue weighted by Gasteiger charge is 2.13. The molecule has 1 N–H and O–H groups in total. The van der Waals surface area contributed by atoms with E-state index in [1.54, 1.807) is 4.90 Å². The third-order valence-electron chi connectivity index (χ3n) is 4.10. The van der Waals surface area contributed by atoms with Crippen molar-refractivity contribution in [3.8, 4) is 5.75 Å². The van der Waals surface area contributed by atoms with Crippen LogP contribution < -0.4 is 9.64 Å². The van der Waals surface area contributed by atoms with Crippen molar-refractivity contribution in [1.82, 2.24) is 0 Å². The third-order valence-corrected chi connectivity index (χ3v) is 4.43. The number of quaternary nitrogens is 1. The van der Waals surface area contributed by atoms with Crippen LogP contribution in [-0.2, 0) is 0 Å². The maximum absolute atomic E-state index is 6.23. The molecule has 2 aromatic carbocycles. The van der Waals surface area contributed by atoms with Crippen LogP contribution in [0, 0.1) is 0 Å². The zero-order chi connectivity index (χ0) is 13.8. The van der Waals surface area contributed by atoms with Crippen LogP contribution in [0.5, 0.6) is 5.75 Å². The van der Waals surface area contributed by atoms with Gasteiger partial charge in [0.2, 0.25) is 0 Å². The topological polar surface area (TPSA) is 13.7 Å². The molecule has 0 radical (unpaired) electrons. The van der Waals surface area contributed by atoms with Gasteiger partial charge in [-0.05, 0) is 31.4 Å². The molecule has 0 spiro atoms. The summed E-state index contributed by atoms with van der Waals surface area (Å²) in [6.45, 7) is 4.47. The van der Waals surface area contributed by atoms with Crippen LogP contribution in [0.3, 0.4) is 0 Å². The number of hydrogen-bond donors (Lipinski definition) is 1. The van der Waals surface area contributed by atoms with Gasteiger partial charge in [0.15, 0.2) is 0 Å². The van der Waals surface area contributed by atoms with Gasteiger partial charge in [-0.15, -0.1) is 0 Å². The Morgan fingerprint density at radius 1 is 0.950 bits per heavy atom. The predicted molar refractivity (Wildman–Crippen MR) is 83.9 cm³/mol. The normalized spacial score (nSPS) is 16.4. The van der Waals surface area contributed by atoms with Gasteiger partial charge in [-0.3, -0.25) is 0 Å². The zero-order valence-corrected chi connectivity index (χ0v) is 12.5. The first-order valence-electron chi connectivity index (χ1n) is 7.48. The SMILES string of the molecule is Clc1ccc(OCC[NH+]2CCCCC2)c2ccccc12. The maximum Gasteiger partial charge on any atom is 0.137 e. The minimum absolute atomic E-state index is 0.779. The second-order valence-electron chi connectivity index (χ2n) is 5.50. The number of hydrogen-bond acceptors (Lipinski definition) is 1. The molecular formula is C17H21ClNO+. The summed E-state index contributed by atoms with van der Waals surface area (Å²) in [5, 5.41) is 2.96. The van der Waals surface area contributed by atoms with E-state index in [9.17, 15) is 0 Å². The summed E-state index contributed by atoms with van der Waals surface area (Å²) in [5.74, 6) is 0.946. The van der Waals surface area contributed by atoms with E-state index in [2.05, 4.69) is 6.07 Å². The van der Waals surface area contributed by atoms with E-state index in [-0.39, 0.29) is 0 Å². The summed E-state index contributed by atoms with van der Waals surface area (Å²) in [5.41, 5.74) is 0. The zero-order valence-electron chi connectivity index (χ0n) is 11.7. The summed E-state index contributed by atoms with van der Waals surface area (Å²) >= 11 is 6.23. The van der Waals surface area contributed by atoms with Gasteiger partial charge >= 0.3 is 0 Å². The van der Waals surface area contributed by atoms with Gasteiger partial charge in [0.1, 0.15) is 18.9 Å². The summed E-state index contributed by atoms with van der Waals surface area (Å²) in [6.07, 6.45) is 4.12. The molecule has 106 valence electrons. The van der Waals surface area contributed by atoms with Crippen molar-refractivity contribution in [3.05, 3.63) is 41.4 Å². The van der Waals surface area contributed by atoms with E-state index < -0.39 is 0 Å². The van der Waals surface area contributed by atoms with Gasteiger partial charge in [0.05, 0.1) is 13.1 Å². The fourth-order valence-corrected chi connectivity index (χ4v) is 3.20. The van der Waals surface area contributed by atoms with Crippen LogP contribution in [0.25, 0.3) is 10.8 Å². The van der Waals surface area contributed by atoms with Crippen LogP contribution in [0.2, 0.25) is 5.02 Å². The number of nitrogens with one attached hydrogen (secondary N) is 1. The summed E-state index contributed by atoms with van der Waals surface area (Å²) in [7, 11) is 0. The quantitative estimate of drug-likeness (QED) is 0.914. The highest BCUT2D eigenvalue weighted by molar-refractivity contribution is 6.35. The Hall–Kier alpha value is -1.25. The van der Waals surface area contributed by atoms with Crippen molar-refractivity contribution >= 4 is 22.4 Å². The predicted octanol–water partition coefficient (Wildman–Crippen LogP) is 2.94. The first-order chi connectivity index (χ1) is 9.84. The summed E-state index contributed by atoms with van der Waals surface area (Å²) < 4.78 is 6.00. The average molecular weight is 291 g/mol. The largest absolute Gasteiger partial charge is 0.487 e. The molecule has 1 heterocycles. The average Bonchev–Trinajstić information content (AvgIpc) is 2.51. The second-order valence-corrected chi connectivity index (χ2v) is 5.91. The molecule has 0 aliphatic carbocycles. The van der Waals surface area contributed by atoms with Crippen molar-refractivity contribution < 1.29 is 9.64 Å². The molecule has 0 saturated carbocycles. The molecule has 0 aromatic heterocycles. The molecule has 0 bridgehead atoms. The van der Waals surface area contributed by atoms with Gasteiger partial charge in [0, 0.05) is 15.8 Å². The van der Waals surface area contributed by atoms with E-state index in [1.807, 2.05) is 30.3 Å². The van der Waals surface area contributed by atoms with Crippen LogP contribution in [0.1, 0.15) is 19.3 Å². The van der Waals surface area contributed by atoms with Crippen LogP contribution in [0.4, 0.5) is 0 Å². The van der Waals surface area contributed by atoms with E-state index in [0.29, 0.717) is 0 Å². The molecule has 2 aromatic rings. The smallest absolute Gasteiger partial charge is 0.137 e. The van der Waals surface area contributed by atoms with Gasteiger partial charge in [0.25, 0.3) is 0 Å². The number of piperidine rings is 1. The molecule has 3 rings (SSSR count). The Morgan fingerprint density at radius 3 is 2.50 bits per heavy atom. The standard InChI is InChI=1S/C17H20ClNO/c18-16-8-9-17(15-7-3-2-6-14(15)16)20-13-12-19-10-4-1-5-11-19/h2-3,6-9H,1,4-5,10-13H2/p+1. The molecule has 1 aliphatic rings. The minimum Gasteiger partial charge on any atom is -0.487 e. The molecule has 3 heteroatoms. The van der Waals surface area contributed by atoms with E-state index in [1.165, 1.54) is 32.4 Å². The fraction of sp³-hybridized carbons (Fsp3) is 0.412. The van der Waals surface area contributed by atoms with Crippen molar-refractivity contribution in [2.24, 2.45) is 0 Å². The van der Waals surface area contributed by atoms with Gasteiger partial charge < -0.3 is 9.64 Å². The lowest BCUT2D eigenvalue weighted by Crippen LogP contribution is -3.13. The molecule has 0 amide bonds. The molecule has 2 nitrogen and oxygen atoms in total. The molecule has 1 saturated heterocycles. The number of benzene rings is 2. The molecule has 1 aliphatic heterocycles. The Bertz CT molecular complexity index is 578. The fourth-order valence-electron chi connectivity index (χ4n) is 2.97. The summed E-state index contributed by atoms with van der Waals surface area (Å²) in [4.78, 5) is 1.68. The lowest BCUT2D eigenvalue weighted by Gasteiger charge is -2.23. The number of fused-ring (bicyclic) bond motifs is 1. The Balaban J connectivity index is 1.67. The van der Waals surface area contributed by atoms with Gasteiger partial charge in [-0.1, -0.05) is 35.9 Å². The van der Waals surface area contributed by atoms with Crippen molar-refractivity contribution in [2.45, 2.75) is 19.3 Å². The van der Waals surface area contributed by atoms with E-state index in [4.69, 9.17) is 16.3 Å². The Morgan fingerprint density at radius 2 is 1.70 bits per heavy atom. The molecular weight excluding hydrogens is 270 g/mol. The number of ether oxygens (including phenoxy) is 1. The summed E-state index contributed by atoms with van der Waals surface area (Å²) in [6, 6.07) is 12.1. The molecule has 0 atom stereocenters. The number of halogens is 1. The molecule has 1 fully saturated rings. The van der Waals surface area contributed by atoms with Crippen LogP contribution >= 0.6 is 11.6 Å². The highest BCUT2D eigenvalue weighted by Crippen LogP contribution is 2.31. The van der Waals surface area contributed by atoms with Crippen molar-refractivity contribution in [3.63, 3.8) is 0 Å². The van der Waals surface area contributed by atoms with Crippen molar-refractivity contribution in [1.29, 1.82) is 0 Å². The molecule has 0 unspecified atom stereocenters. The van der Waals surface area contributed by atoms with Gasteiger partial charge in [-0.25, -0.2) is 0 Å². The third kappa shape index (κ3) is 3.08.